The largest absolute Gasteiger partial charge is 0.493 e. The van der Waals surface area contributed by atoms with Crippen LogP contribution in [0.25, 0.3) is 0 Å². The SMILES string of the molecule is COC(=O)N(Cc1cc(C(F)(F)F)cc(C(F)(F)F)c1)[C@H]1C[C@@H](C)N(C(=O)OCc2ccccc2)c2cc(OC)c(OC)cc21. The molecule has 1 heterocycles. The van der Waals surface area contributed by atoms with Crippen LogP contribution in [0.2, 0.25) is 0 Å². The Morgan fingerprint density at radius 2 is 1.42 bits per heavy atom. The molecule has 0 bridgehead atoms. The summed E-state index contributed by atoms with van der Waals surface area (Å²) in [4.78, 5) is 28.9. The lowest BCUT2D eigenvalue weighted by Gasteiger charge is -2.42. The lowest BCUT2D eigenvalue weighted by Crippen LogP contribution is -2.47. The van der Waals surface area contributed by atoms with Gasteiger partial charge in [0.2, 0.25) is 0 Å². The average Bonchev–Trinajstić information content (AvgIpc) is 3.00. The first-order valence-corrected chi connectivity index (χ1v) is 13.6. The summed E-state index contributed by atoms with van der Waals surface area (Å²) in [6.45, 7) is 0.946. The van der Waals surface area contributed by atoms with E-state index in [0.29, 0.717) is 17.7 Å². The average molecular weight is 641 g/mol. The number of anilines is 1. The van der Waals surface area contributed by atoms with Crippen LogP contribution in [-0.2, 0) is 35.0 Å². The molecule has 1 aliphatic rings. The highest BCUT2D eigenvalue weighted by atomic mass is 19.4. The Kier molecular flexibility index (Phi) is 9.74. The fraction of sp³-hybridized carbons (Fsp3) is 0.355. The van der Waals surface area contributed by atoms with Gasteiger partial charge in [-0.15, -0.1) is 0 Å². The van der Waals surface area contributed by atoms with E-state index in [1.165, 1.54) is 31.3 Å². The molecule has 0 unspecified atom stereocenters. The molecule has 45 heavy (non-hydrogen) atoms. The van der Waals surface area contributed by atoms with Gasteiger partial charge in [-0.1, -0.05) is 30.3 Å². The number of carbonyl (C=O) groups is 2. The molecule has 0 fully saturated rings. The number of ether oxygens (including phenoxy) is 4. The third-order valence-corrected chi connectivity index (χ3v) is 7.34. The van der Waals surface area contributed by atoms with Gasteiger partial charge in [-0.05, 0) is 48.7 Å². The van der Waals surface area contributed by atoms with Crippen LogP contribution in [0.1, 0.15) is 47.2 Å². The standard InChI is InChI=1S/C31H30F6N2O6/c1-18-10-24(38(28(40)44-4)16-20-11-21(30(32,33)34)13-22(12-20)31(35,36)37)23-14-26(42-2)27(43-3)15-25(23)39(18)29(41)45-17-19-8-6-5-7-9-19/h5-9,11-15,18,24H,10,16-17H2,1-4H3/t18-,24+/m1/s1. The molecule has 4 rings (SSSR count). The van der Waals surface area contributed by atoms with Crippen molar-refractivity contribution in [1.29, 1.82) is 0 Å². The minimum atomic E-state index is -5.08. The Morgan fingerprint density at radius 3 is 1.96 bits per heavy atom. The summed E-state index contributed by atoms with van der Waals surface area (Å²) in [6, 6.07) is 11.4. The number of alkyl halides is 6. The molecule has 0 saturated carbocycles. The van der Waals surface area contributed by atoms with Gasteiger partial charge in [0.25, 0.3) is 0 Å². The summed E-state index contributed by atoms with van der Waals surface area (Å²) >= 11 is 0. The highest BCUT2D eigenvalue weighted by Crippen LogP contribution is 2.47. The first kappa shape index (κ1) is 33.3. The van der Waals surface area contributed by atoms with Crippen molar-refractivity contribution in [3.05, 3.63) is 88.5 Å². The molecule has 0 aliphatic carbocycles. The van der Waals surface area contributed by atoms with E-state index in [-0.39, 0.29) is 36.3 Å². The molecule has 242 valence electrons. The molecule has 0 spiro atoms. The van der Waals surface area contributed by atoms with Crippen molar-refractivity contribution in [1.82, 2.24) is 4.90 Å². The van der Waals surface area contributed by atoms with Gasteiger partial charge >= 0.3 is 24.5 Å². The molecule has 3 aromatic carbocycles. The molecule has 14 heteroatoms. The number of halogens is 6. The summed E-state index contributed by atoms with van der Waals surface area (Å²) < 4.78 is 103. The molecule has 0 saturated heterocycles. The second-order valence-corrected chi connectivity index (χ2v) is 10.3. The van der Waals surface area contributed by atoms with Crippen LogP contribution >= 0.6 is 0 Å². The van der Waals surface area contributed by atoms with E-state index in [1.54, 1.807) is 31.2 Å². The van der Waals surface area contributed by atoms with Gasteiger partial charge in [-0.3, -0.25) is 9.80 Å². The maximum absolute atomic E-state index is 13.6. The third-order valence-electron chi connectivity index (χ3n) is 7.34. The maximum atomic E-state index is 13.6. The number of carbonyl (C=O) groups excluding carboxylic acids is 2. The number of nitrogens with zero attached hydrogens (tertiary/aromatic N) is 2. The predicted octanol–water partition coefficient (Wildman–Crippen LogP) is 7.99. The Morgan fingerprint density at radius 1 is 0.844 bits per heavy atom. The highest BCUT2D eigenvalue weighted by Gasteiger charge is 2.42. The van der Waals surface area contributed by atoms with E-state index in [9.17, 15) is 35.9 Å². The van der Waals surface area contributed by atoms with Gasteiger partial charge in [0, 0.05) is 24.2 Å². The minimum Gasteiger partial charge on any atom is -0.493 e. The minimum absolute atomic E-state index is 0.0139. The van der Waals surface area contributed by atoms with Gasteiger partial charge in [0.05, 0.1) is 44.2 Å². The zero-order valence-corrected chi connectivity index (χ0v) is 24.7. The van der Waals surface area contributed by atoms with Gasteiger partial charge in [0.15, 0.2) is 11.5 Å². The topological polar surface area (TPSA) is 77.5 Å². The Bertz CT molecular complexity index is 1500. The first-order valence-electron chi connectivity index (χ1n) is 13.6. The monoisotopic (exact) mass is 640 g/mol. The van der Waals surface area contributed by atoms with Crippen molar-refractivity contribution in [2.45, 2.75) is 50.9 Å². The van der Waals surface area contributed by atoms with Crippen molar-refractivity contribution in [2.75, 3.05) is 26.2 Å². The molecule has 0 radical (unpaired) electrons. The molecule has 0 N–H and O–H groups in total. The maximum Gasteiger partial charge on any atom is 0.416 e. The van der Waals surface area contributed by atoms with E-state index in [1.807, 2.05) is 6.07 Å². The van der Waals surface area contributed by atoms with Gasteiger partial charge in [-0.2, -0.15) is 26.3 Å². The number of amides is 2. The quantitative estimate of drug-likeness (QED) is 0.244. The van der Waals surface area contributed by atoms with Crippen molar-refractivity contribution >= 4 is 17.9 Å². The van der Waals surface area contributed by atoms with E-state index in [0.717, 1.165) is 17.6 Å². The molecule has 1 aliphatic heterocycles. The fourth-order valence-electron chi connectivity index (χ4n) is 5.24. The molecule has 2 amide bonds. The van der Waals surface area contributed by atoms with Crippen molar-refractivity contribution in [3.8, 4) is 11.5 Å². The highest BCUT2D eigenvalue weighted by molar-refractivity contribution is 5.91. The molecular weight excluding hydrogens is 610 g/mol. The van der Waals surface area contributed by atoms with Crippen LogP contribution < -0.4 is 14.4 Å². The summed E-state index contributed by atoms with van der Waals surface area (Å²) in [5.41, 5.74) is -2.19. The van der Waals surface area contributed by atoms with Crippen LogP contribution in [0.3, 0.4) is 0 Å². The van der Waals surface area contributed by atoms with Crippen molar-refractivity contribution in [2.24, 2.45) is 0 Å². The summed E-state index contributed by atoms with van der Waals surface area (Å²) in [7, 11) is 3.77. The van der Waals surface area contributed by atoms with Gasteiger partial charge in [0.1, 0.15) is 6.61 Å². The van der Waals surface area contributed by atoms with E-state index >= 15 is 0 Å². The number of hydrogen-bond acceptors (Lipinski definition) is 6. The van der Waals surface area contributed by atoms with Crippen molar-refractivity contribution < 1.29 is 54.9 Å². The molecule has 2 atom stereocenters. The Labute approximate surface area is 255 Å². The van der Waals surface area contributed by atoms with Crippen LogP contribution in [0.15, 0.2) is 60.7 Å². The second-order valence-electron chi connectivity index (χ2n) is 10.3. The molecule has 8 nitrogen and oxygen atoms in total. The van der Waals surface area contributed by atoms with E-state index < -0.39 is 59.9 Å². The third kappa shape index (κ3) is 7.37. The molecular formula is C31H30F6N2O6. The number of methoxy groups -OCH3 is 3. The fourth-order valence-corrected chi connectivity index (χ4v) is 5.24. The van der Waals surface area contributed by atoms with Crippen LogP contribution in [0.5, 0.6) is 11.5 Å². The van der Waals surface area contributed by atoms with E-state index in [2.05, 4.69) is 0 Å². The lowest BCUT2D eigenvalue weighted by molar-refractivity contribution is -0.143. The normalized spacial score (nSPS) is 16.4. The summed E-state index contributed by atoms with van der Waals surface area (Å²) in [6.07, 6.45) is -11.9. The Hall–Kier alpha value is -4.62. The smallest absolute Gasteiger partial charge is 0.416 e. The zero-order chi connectivity index (χ0) is 33.1. The van der Waals surface area contributed by atoms with Gasteiger partial charge < -0.3 is 18.9 Å². The first-order chi connectivity index (χ1) is 21.2. The van der Waals surface area contributed by atoms with Crippen LogP contribution in [0, 0.1) is 0 Å². The van der Waals surface area contributed by atoms with Gasteiger partial charge in [-0.25, -0.2) is 9.59 Å². The van der Waals surface area contributed by atoms with Crippen molar-refractivity contribution in [3.63, 3.8) is 0 Å². The number of benzene rings is 3. The Balaban J connectivity index is 1.80. The number of hydrogen-bond donors (Lipinski definition) is 0. The predicted molar refractivity (Wildman–Crippen MR) is 150 cm³/mol. The van der Waals surface area contributed by atoms with Crippen LogP contribution in [-0.4, -0.2) is 44.5 Å². The summed E-state index contributed by atoms with van der Waals surface area (Å²) in [5, 5.41) is 0. The number of rotatable bonds is 7. The second kappa shape index (κ2) is 13.2. The van der Waals surface area contributed by atoms with E-state index in [4.69, 9.17) is 18.9 Å². The zero-order valence-electron chi connectivity index (χ0n) is 24.7. The molecule has 3 aromatic rings. The number of fused-ring (bicyclic) bond motifs is 1. The van der Waals surface area contributed by atoms with Crippen LogP contribution in [0.4, 0.5) is 41.6 Å². The molecule has 0 aromatic heterocycles. The summed E-state index contributed by atoms with van der Waals surface area (Å²) in [5.74, 6) is 0.430. The lowest BCUT2D eigenvalue weighted by atomic mass is 9.90.